The van der Waals surface area contributed by atoms with Crippen LogP contribution in [0.25, 0.3) is 55.0 Å². The molecule has 0 spiro atoms. The molecule has 1 aliphatic rings. The summed E-state index contributed by atoms with van der Waals surface area (Å²) in [5.41, 5.74) is 21.3. The largest absolute Gasteiger partial charge is 0.456 e. The van der Waals surface area contributed by atoms with Crippen LogP contribution in [0.5, 0.6) is 0 Å². The minimum atomic E-state index is -0.798. The molecule has 0 saturated carbocycles. The van der Waals surface area contributed by atoms with Crippen LogP contribution in [0.2, 0.25) is 0 Å². The Balaban J connectivity index is 1.27. The van der Waals surface area contributed by atoms with Crippen molar-refractivity contribution in [3.05, 3.63) is 280 Å². The number of hydrogen-bond acceptors (Lipinski definition) is 3. The first-order chi connectivity index (χ1) is 33.9. The zero-order valence-electron chi connectivity index (χ0n) is 39.1. The summed E-state index contributed by atoms with van der Waals surface area (Å²) in [6.07, 6.45) is 0. The van der Waals surface area contributed by atoms with Gasteiger partial charge in [0.05, 0.1) is 11.1 Å². The minimum Gasteiger partial charge on any atom is -0.456 e. The maximum absolute atomic E-state index is 7.32. The van der Waals surface area contributed by atoms with E-state index in [-0.39, 0.29) is 5.92 Å². The molecule has 13 rings (SSSR count). The standard InChI is InChI=1S/C66H49NO2/c1-41-23-31-45(32-24-41)59(46-33-25-42(2)26-34-46)53-39-54-62(60-51-19-11-13-21-57(51)68-64(53)60)63-55(66(54,47-15-7-5-8-16-47)48-17-9-6-10-18-48)40-56(65-61(63)52-20-12-14-22-58(52)69-65)67(49-35-27-43(3)28-36-49)50-37-29-44(4)30-38-50/h5-40,59H,1-4H3. The molecule has 69 heavy (non-hydrogen) atoms. The third-order valence-corrected chi connectivity index (χ3v) is 14.7. The van der Waals surface area contributed by atoms with Gasteiger partial charge in [-0.3, -0.25) is 0 Å². The highest BCUT2D eigenvalue weighted by molar-refractivity contribution is 6.25. The van der Waals surface area contributed by atoms with Gasteiger partial charge < -0.3 is 13.7 Å². The second-order valence-electron chi connectivity index (χ2n) is 19.1. The van der Waals surface area contributed by atoms with Crippen LogP contribution in [0.4, 0.5) is 17.1 Å². The van der Waals surface area contributed by atoms with E-state index >= 15 is 0 Å². The maximum Gasteiger partial charge on any atom is 0.160 e. The molecule has 1 aliphatic carbocycles. The van der Waals surface area contributed by atoms with Gasteiger partial charge in [0.15, 0.2) is 5.58 Å². The zero-order chi connectivity index (χ0) is 46.4. The van der Waals surface area contributed by atoms with Gasteiger partial charge in [-0.05, 0) is 121 Å². The lowest BCUT2D eigenvalue weighted by Gasteiger charge is -2.35. The maximum atomic E-state index is 7.32. The molecule has 0 saturated heterocycles. The molecule has 0 N–H and O–H groups in total. The van der Waals surface area contributed by atoms with Crippen molar-refractivity contribution < 1.29 is 8.83 Å². The molecule has 0 bridgehead atoms. The number of furan rings is 2. The predicted octanol–water partition coefficient (Wildman–Crippen LogP) is 17.7. The average Bonchev–Trinajstić information content (AvgIpc) is 4.06. The van der Waals surface area contributed by atoms with Gasteiger partial charge in [-0.25, -0.2) is 0 Å². The van der Waals surface area contributed by atoms with Gasteiger partial charge in [0, 0.05) is 44.4 Å². The normalized spacial score (nSPS) is 12.9. The van der Waals surface area contributed by atoms with Crippen molar-refractivity contribution in [2.45, 2.75) is 39.0 Å². The molecule has 0 radical (unpaired) electrons. The predicted molar refractivity (Wildman–Crippen MR) is 286 cm³/mol. The number of nitrogens with zero attached hydrogens (tertiary/aromatic N) is 1. The van der Waals surface area contributed by atoms with E-state index in [1.807, 2.05) is 0 Å². The number of anilines is 3. The van der Waals surface area contributed by atoms with E-state index in [1.54, 1.807) is 0 Å². The number of para-hydroxylation sites is 2. The number of rotatable bonds is 8. The van der Waals surface area contributed by atoms with Crippen molar-refractivity contribution in [3.8, 4) is 11.1 Å². The quantitative estimate of drug-likeness (QED) is 0.142. The van der Waals surface area contributed by atoms with Crippen molar-refractivity contribution in [1.82, 2.24) is 0 Å². The van der Waals surface area contributed by atoms with Gasteiger partial charge in [0.25, 0.3) is 0 Å². The Kier molecular flexibility index (Phi) is 9.39. The van der Waals surface area contributed by atoms with Gasteiger partial charge >= 0.3 is 0 Å². The molecule has 0 unspecified atom stereocenters. The van der Waals surface area contributed by atoms with Crippen molar-refractivity contribution >= 4 is 60.9 Å². The van der Waals surface area contributed by atoms with Crippen molar-refractivity contribution in [2.24, 2.45) is 0 Å². The lowest BCUT2D eigenvalue weighted by molar-refractivity contribution is 0.660. The van der Waals surface area contributed by atoms with E-state index in [1.165, 1.54) is 66.8 Å². The van der Waals surface area contributed by atoms with E-state index in [9.17, 15) is 0 Å². The smallest absolute Gasteiger partial charge is 0.160 e. The molecule has 330 valence electrons. The van der Waals surface area contributed by atoms with Crippen LogP contribution in [-0.4, -0.2) is 0 Å². The first kappa shape index (κ1) is 40.8. The van der Waals surface area contributed by atoms with Crippen LogP contribution < -0.4 is 4.90 Å². The zero-order valence-corrected chi connectivity index (χ0v) is 39.1. The van der Waals surface area contributed by atoms with Crippen molar-refractivity contribution in [1.29, 1.82) is 0 Å². The summed E-state index contributed by atoms with van der Waals surface area (Å²) in [5, 5.41) is 4.37. The van der Waals surface area contributed by atoms with E-state index in [4.69, 9.17) is 8.83 Å². The fourth-order valence-corrected chi connectivity index (χ4v) is 11.5. The molecular weight excluding hydrogens is 839 g/mol. The van der Waals surface area contributed by atoms with Gasteiger partial charge in [-0.2, -0.15) is 0 Å². The highest BCUT2D eigenvalue weighted by Crippen LogP contribution is 2.64. The lowest BCUT2D eigenvalue weighted by atomic mass is 9.66. The third kappa shape index (κ3) is 6.27. The van der Waals surface area contributed by atoms with Crippen LogP contribution in [0, 0.1) is 27.7 Å². The molecule has 3 nitrogen and oxygen atoms in total. The summed E-state index contributed by atoms with van der Waals surface area (Å²) >= 11 is 0. The Hall–Kier alpha value is -8.40. The summed E-state index contributed by atoms with van der Waals surface area (Å²) in [5.74, 6) is -0.142. The fourth-order valence-electron chi connectivity index (χ4n) is 11.5. The second-order valence-corrected chi connectivity index (χ2v) is 19.1. The number of fused-ring (bicyclic) bond motifs is 11. The van der Waals surface area contributed by atoms with Crippen LogP contribution in [0.15, 0.2) is 227 Å². The molecule has 3 heteroatoms. The molecule has 0 atom stereocenters. The Morgan fingerprint density at radius 3 is 1.26 bits per heavy atom. The highest BCUT2D eigenvalue weighted by Gasteiger charge is 2.50. The first-order valence-electron chi connectivity index (χ1n) is 24.0. The molecule has 0 fully saturated rings. The summed E-state index contributed by atoms with van der Waals surface area (Å²) in [4.78, 5) is 2.40. The first-order valence-corrected chi connectivity index (χ1v) is 24.0. The van der Waals surface area contributed by atoms with E-state index in [2.05, 4.69) is 251 Å². The summed E-state index contributed by atoms with van der Waals surface area (Å²) in [6, 6.07) is 80.5. The Morgan fingerprint density at radius 1 is 0.391 bits per heavy atom. The highest BCUT2D eigenvalue weighted by atomic mass is 16.3. The fraction of sp³-hybridized carbons (Fsp3) is 0.0909. The monoisotopic (exact) mass is 887 g/mol. The van der Waals surface area contributed by atoms with Gasteiger partial charge in [-0.15, -0.1) is 0 Å². The van der Waals surface area contributed by atoms with Gasteiger partial charge in [-0.1, -0.05) is 192 Å². The minimum absolute atomic E-state index is 0.142. The second kappa shape index (κ2) is 15.9. The average molecular weight is 888 g/mol. The molecule has 0 aliphatic heterocycles. The molecule has 0 amide bonds. The Morgan fingerprint density at radius 2 is 0.783 bits per heavy atom. The summed E-state index contributed by atoms with van der Waals surface area (Å²) in [6.45, 7) is 8.62. The number of benzene rings is 10. The van der Waals surface area contributed by atoms with E-state index in [0.717, 1.165) is 66.5 Å². The lowest BCUT2D eigenvalue weighted by Crippen LogP contribution is -2.29. The topological polar surface area (TPSA) is 29.5 Å². The van der Waals surface area contributed by atoms with Crippen LogP contribution in [0.1, 0.15) is 67.1 Å². The molecular formula is C66H49NO2. The van der Waals surface area contributed by atoms with Crippen LogP contribution >= 0.6 is 0 Å². The Bertz CT molecular complexity index is 3550. The van der Waals surface area contributed by atoms with Crippen LogP contribution in [-0.2, 0) is 5.41 Å². The van der Waals surface area contributed by atoms with Crippen molar-refractivity contribution in [2.75, 3.05) is 4.90 Å². The van der Waals surface area contributed by atoms with Crippen LogP contribution in [0.3, 0.4) is 0 Å². The van der Waals surface area contributed by atoms with Crippen molar-refractivity contribution in [3.63, 3.8) is 0 Å². The van der Waals surface area contributed by atoms with E-state index < -0.39 is 5.41 Å². The molecule has 2 aromatic heterocycles. The molecule has 10 aromatic carbocycles. The van der Waals surface area contributed by atoms with Gasteiger partial charge in [0.1, 0.15) is 16.7 Å². The summed E-state index contributed by atoms with van der Waals surface area (Å²) < 4.78 is 14.6. The molecule has 2 heterocycles. The molecule has 12 aromatic rings. The number of aryl methyl sites for hydroxylation is 4. The van der Waals surface area contributed by atoms with E-state index in [0.29, 0.717) is 0 Å². The number of hydrogen-bond donors (Lipinski definition) is 0. The summed E-state index contributed by atoms with van der Waals surface area (Å²) in [7, 11) is 0. The Labute approximate surface area is 402 Å². The SMILES string of the molecule is Cc1ccc(C(c2ccc(C)cc2)c2cc3c(c4c2oc2ccccc24)-c2c(cc(N(c4ccc(C)cc4)c4ccc(C)cc4)c4oc5ccccc5c24)C3(c2ccccc2)c2ccccc2)cc1. The third-order valence-electron chi connectivity index (χ3n) is 14.7. The van der Waals surface area contributed by atoms with Gasteiger partial charge in [0.2, 0.25) is 0 Å².